The predicted molar refractivity (Wildman–Crippen MR) is 111 cm³/mol. The van der Waals surface area contributed by atoms with E-state index in [0.717, 1.165) is 28.9 Å². The zero-order valence-corrected chi connectivity index (χ0v) is 17.7. The van der Waals surface area contributed by atoms with E-state index in [1.807, 2.05) is 32.0 Å². The number of carbonyl (C=O) groups excluding carboxylic acids is 1. The maximum Gasteiger partial charge on any atom is 0.243 e. The molecule has 0 spiro atoms. The molecule has 0 fully saturated rings. The first-order valence-corrected chi connectivity index (χ1v) is 11.6. The van der Waals surface area contributed by atoms with Gasteiger partial charge in [0.15, 0.2) is 0 Å². The standard InChI is InChI=1S/C19H26N2O4S2/c1-14-7-8-17(12-15(14)2)21(27(4,23)24)16(3)19(22)20-9-11-26-13-18-6-5-10-25-18/h5-8,10,12,16H,9,11,13H2,1-4H3,(H,20,22)/t16-/m1/s1. The second-order valence-corrected chi connectivity index (χ2v) is 9.39. The first-order valence-electron chi connectivity index (χ1n) is 8.64. The molecule has 0 unspecified atom stereocenters. The number of nitrogens with one attached hydrogen (secondary N) is 1. The molecule has 1 N–H and O–H groups in total. The number of furan rings is 1. The minimum atomic E-state index is -3.60. The summed E-state index contributed by atoms with van der Waals surface area (Å²) in [6.07, 6.45) is 2.75. The fraction of sp³-hybridized carbons (Fsp3) is 0.421. The Morgan fingerprint density at radius 2 is 2.00 bits per heavy atom. The third-order valence-corrected chi connectivity index (χ3v) is 6.43. The molecular weight excluding hydrogens is 384 g/mol. The molecule has 27 heavy (non-hydrogen) atoms. The summed E-state index contributed by atoms with van der Waals surface area (Å²) in [6.45, 7) is 5.93. The lowest BCUT2D eigenvalue weighted by Crippen LogP contribution is -2.48. The van der Waals surface area contributed by atoms with Gasteiger partial charge in [0.25, 0.3) is 0 Å². The monoisotopic (exact) mass is 410 g/mol. The summed E-state index contributed by atoms with van der Waals surface area (Å²) in [5.74, 6) is 2.01. The Bertz CT molecular complexity index is 864. The summed E-state index contributed by atoms with van der Waals surface area (Å²) in [5.41, 5.74) is 2.54. The van der Waals surface area contributed by atoms with Crippen molar-refractivity contribution in [2.75, 3.05) is 22.9 Å². The Hall–Kier alpha value is -1.93. The van der Waals surface area contributed by atoms with Gasteiger partial charge in [0.05, 0.1) is 24.0 Å². The van der Waals surface area contributed by atoms with Crippen molar-refractivity contribution in [3.8, 4) is 0 Å². The number of hydrogen-bond donors (Lipinski definition) is 1. The average Bonchev–Trinajstić information content (AvgIpc) is 3.10. The van der Waals surface area contributed by atoms with Crippen molar-refractivity contribution in [1.82, 2.24) is 5.32 Å². The zero-order valence-electron chi connectivity index (χ0n) is 16.1. The lowest BCUT2D eigenvalue weighted by Gasteiger charge is -2.28. The number of hydrogen-bond acceptors (Lipinski definition) is 5. The van der Waals surface area contributed by atoms with Crippen LogP contribution in [-0.2, 0) is 20.6 Å². The Morgan fingerprint density at radius 3 is 2.59 bits per heavy atom. The lowest BCUT2D eigenvalue weighted by atomic mass is 10.1. The van der Waals surface area contributed by atoms with Crippen molar-refractivity contribution in [3.05, 3.63) is 53.5 Å². The summed E-state index contributed by atoms with van der Waals surface area (Å²) in [4.78, 5) is 12.5. The molecule has 0 saturated carbocycles. The van der Waals surface area contributed by atoms with E-state index in [1.165, 1.54) is 4.31 Å². The second kappa shape index (κ2) is 9.32. The molecular formula is C19H26N2O4S2. The van der Waals surface area contributed by atoms with Gasteiger partial charge >= 0.3 is 0 Å². The molecule has 1 amide bonds. The molecule has 0 bridgehead atoms. The van der Waals surface area contributed by atoms with Crippen LogP contribution in [0.15, 0.2) is 41.0 Å². The molecule has 0 saturated heterocycles. The van der Waals surface area contributed by atoms with Crippen LogP contribution in [0.2, 0.25) is 0 Å². The van der Waals surface area contributed by atoms with Crippen molar-refractivity contribution in [1.29, 1.82) is 0 Å². The highest BCUT2D eigenvalue weighted by molar-refractivity contribution is 7.98. The van der Waals surface area contributed by atoms with Crippen molar-refractivity contribution in [2.24, 2.45) is 0 Å². The molecule has 2 aromatic rings. The Labute approximate surface area is 165 Å². The second-order valence-electron chi connectivity index (χ2n) is 6.43. The first kappa shape index (κ1) is 21.4. The summed E-state index contributed by atoms with van der Waals surface area (Å²) in [6, 6.07) is 8.29. The van der Waals surface area contributed by atoms with Crippen LogP contribution >= 0.6 is 11.8 Å². The van der Waals surface area contributed by atoms with E-state index < -0.39 is 16.1 Å². The van der Waals surface area contributed by atoms with Crippen molar-refractivity contribution in [3.63, 3.8) is 0 Å². The molecule has 8 heteroatoms. The molecule has 0 aliphatic rings. The number of benzene rings is 1. The van der Waals surface area contributed by atoms with E-state index in [4.69, 9.17) is 4.42 Å². The molecule has 1 aromatic heterocycles. The number of carbonyl (C=O) groups is 1. The van der Waals surface area contributed by atoms with Gasteiger partial charge < -0.3 is 9.73 Å². The molecule has 6 nitrogen and oxygen atoms in total. The smallest absolute Gasteiger partial charge is 0.243 e. The van der Waals surface area contributed by atoms with Gasteiger partial charge in [-0.2, -0.15) is 11.8 Å². The van der Waals surface area contributed by atoms with Crippen LogP contribution < -0.4 is 9.62 Å². The minimum absolute atomic E-state index is 0.322. The van der Waals surface area contributed by atoms with Gasteiger partial charge in [-0.25, -0.2) is 8.42 Å². The van der Waals surface area contributed by atoms with E-state index in [1.54, 1.807) is 37.1 Å². The normalized spacial score (nSPS) is 12.6. The van der Waals surface area contributed by atoms with Crippen molar-refractivity contribution in [2.45, 2.75) is 32.6 Å². The van der Waals surface area contributed by atoms with E-state index in [2.05, 4.69) is 5.32 Å². The van der Waals surface area contributed by atoms with Crippen molar-refractivity contribution >= 4 is 33.4 Å². The van der Waals surface area contributed by atoms with Gasteiger partial charge in [-0.05, 0) is 56.2 Å². The van der Waals surface area contributed by atoms with Gasteiger partial charge in [0.1, 0.15) is 11.8 Å². The quantitative estimate of drug-likeness (QED) is 0.643. The molecule has 1 aromatic carbocycles. The van der Waals surface area contributed by atoms with Crippen LogP contribution in [-0.4, -0.2) is 38.9 Å². The van der Waals surface area contributed by atoms with Crippen LogP contribution in [0.25, 0.3) is 0 Å². The predicted octanol–water partition coefficient (Wildman–Crippen LogP) is 3.10. The number of anilines is 1. The molecule has 0 aliphatic heterocycles. The highest BCUT2D eigenvalue weighted by Gasteiger charge is 2.29. The fourth-order valence-electron chi connectivity index (χ4n) is 2.63. The third kappa shape index (κ3) is 6.04. The molecule has 2 rings (SSSR count). The number of sulfonamides is 1. The maximum absolute atomic E-state index is 12.5. The summed E-state index contributed by atoms with van der Waals surface area (Å²) < 4.78 is 31.1. The molecule has 0 aliphatic carbocycles. The number of amides is 1. The highest BCUT2D eigenvalue weighted by atomic mass is 32.2. The van der Waals surface area contributed by atoms with Crippen LogP contribution in [0.4, 0.5) is 5.69 Å². The SMILES string of the molecule is Cc1ccc(N([C@H](C)C(=O)NCCSCc2ccco2)S(C)(=O)=O)cc1C. The molecule has 1 atom stereocenters. The number of rotatable bonds is 9. The number of thioether (sulfide) groups is 1. The lowest BCUT2D eigenvalue weighted by molar-refractivity contribution is -0.121. The Kier molecular flexibility index (Phi) is 7.38. The zero-order chi connectivity index (χ0) is 20.0. The van der Waals surface area contributed by atoms with Gasteiger partial charge in [-0.1, -0.05) is 6.07 Å². The summed E-state index contributed by atoms with van der Waals surface area (Å²) in [5, 5.41) is 2.81. The van der Waals surface area contributed by atoms with E-state index in [9.17, 15) is 13.2 Å². The summed E-state index contributed by atoms with van der Waals surface area (Å²) >= 11 is 1.64. The fourth-order valence-corrected chi connectivity index (χ4v) is 4.56. The van der Waals surface area contributed by atoms with Crippen LogP contribution in [0.3, 0.4) is 0 Å². The first-order chi connectivity index (χ1) is 12.7. The largest absolute Gasteiger partial charge is 0.468 e. The number of aryl methyl sites for hydroxylation is 2. The maximum atomic E-state index is 12.5. The van der Waals surface area contributed by atoms with Crippen LogP contribution in [0, 0.1) is 13.8 Å². The van der Waals surface area contributed by atoms with Gasteiger partial charge in [-0.3, -0.25) is 9.10 Å². The van der Waals surface area contributed by atoms with Crippen LogP contribution in [0.5, 0.6) is 0 Å². The van der Waals surface area contributed by atoms with Gasteiger partial charge in [0, 0.05) is 12.3 Å². The molecule has 0 radical (unpaired) electrons. The highest BCUT2D eigenvalue weighted by Crippen LogP contribution is 2.23. The third-order valence-electron chi connectivity index (χ3n) is 4.20. The summed E-state index contributed by atoms with van der Waals surface area (Å²) in [7, 11) is -3.60. The van der Waals surface area contributed by atoms with E-state index >= 15 is 0 Å². The Morgan fingerprint density at radius 1 is 1.26 bits per heavy atom. The Balaban J connectivity index is 1.96. The molecule has 1 heterocycles. The number of nitrogens with zero attached hydrogens (tertiary/aromatic N) is 1. The minimum Gasteiger partial charge on any atom is -0.468 e. The van der Waals surface area contributed by atoms with E-state index in [0.29, 0.717) is 18.0 Å². The molecule has 148 valence electrons. The van der Waals surface area contributed by atoms with Crippen LogP contribution in [0.1, 0.15) is 23.8 Å². The van der Waals surface area contributed by atoms with Gasteiger partial charge in [-0.15, -0.1) is 0 Å². The topological polar surface area (TPSA) is 79.6 Å². The van der Waals surface area contributed by atoms with E-state index in [-0.39, 0.29) is 5.91 Å². The van der Waals surface area contributed by atoms with Crippen molar-refractivity contribution < 1.29 is 17.6 Å². The van der Waals surface area contributed by atoms with Gasteiger partial charge in [0.2, 0.25) is 15.9 Å². The average molecular weight is 411 g/mol.